The summed E-state index contributed by atoms with van der Waals surface area (Å²) < 4.78 is 37.4. The van der Waals surface area contributed by atoms with E-state index in [0.717, 1.165) is 25.1 Å². The molecule has 3 N–H and O–H groups in total. The first-order valence-electron chi connectivity index (χ1n) is 6.09. The highest BCUT2D eigenvalue weighted by Gasteiger charge is 2.32. The van der Waals surface area contributed by atoms with Gasteiger partial charge < -0.3 is 11.1 Å². The standard InChI is InChI=1S/C12H19F3N4/c1-11(2,5-3-6-16)8-18-10-17-7-4-9(19-10)12(13,14)15/h4,7H,3,5-6,8,16H2,1-2H3,(H,17,18,19). The molecule has 0 unspecified atom stereocenters. The van der Waals surface area contributed by atoms with E-state index in [1.807, 2.05) is 13.8 Å². The van der Waals surface area contributed by atoms with Gasteiger partial charge in [0.2, 0.25) is 5.95 Å². The topological polar surface area (TPSA) is 63.8 Å². The molecule has 0 fully saturated rings. The van der Waals surface area contributed by atoms with Crippen molar-refractivity contribution in [2.24, 2.45) is 11.1 Å². The maximum atomic E-state index is 12.5. The third kappa shape index (κ3) is 5.42. The van der Waals surface area contributed by atoms with Crippen LogP contribution in [0.4, 0.5) is 19.1 Å². The molecular formula is C12H19F3N4. The number of hydrogen-bond donors (Lipinski definition) is 2. The van der Waals surface area contributed by atoms with E-state index in [0.29, 0.717) is 13.1 Å². The van der Waals surface area contributed by atoms with Crippen molar-refractivity contribution in [3.63, 3.8) is 0 Å². The molecule has 0 aliphatic heterocycles. The van der Waals surface area contributed by atoms with Gasteiger partial charge in [0.05, 0.1) is 0 Å². The van der Waals surface area contributed by atoms with Crippen LogP contribution in [0.1, 0.15) is 32.4 Å². The molecular weight excluding hydrogens is 257 g/mol. The number of rotatable bonds is 6. The third-order valence-electron chi connectivity index (χ3n) is 2.73. The minimum Gasteiger partial charge on any atom is -0.354 e. The number of alkyl halides is 3. The minimum atomic E-state index is -4.45. The van der Waals surface area contributed by atoms with Gasteiger partial charge in [-0.05, 0) is 30.9 Å². The molecule has 1 aromatic rings. The van der Waals surface area contributed by atoms with Crippen molar-refractivity contribution < 1.29 is 13.2 Å². The van der Waals surface area contributed by atoms with Crippen molar-refractivity contribution in [3.8, 4) is 0 Å². The Morgan fingerprint density at radius 1 is 1.32 bits per heavy atom. The zero-order chi connectivity index (χ0) is 14.5. The van der Waals surface area contributed by atoms with Crippen LogP contribution in [0.5, 0.6) is 0 Å². The third-order valence-corrected chi connectivity index (χ3v) is 2.73. The van der Waals surface area contributed by atoms with Crippen molar-refractivity contribution in [2.75, 3.05) is 18.4 Å². The molecule has 0 bridgehead atoms. The van der Waals surface area contributed by atoms with E-state index < -0.39 is 11.9 Å². The van der Waals surface area contributed by atoms with Gasteiger partial charge in [-0.3, -0.25) is 0 Å². The van der Waals surface area contributed by atoms with Crippen LogP contribution in [0.3, 0.4) is 0 Å². The SMILES string of the molecule is CC(C)(CCCN)CNc1nccc(C(F)(F)F)n1. The zero-order valence-electron chi connectivity index (χ0n) is 11.1. The average Bonchev–Trinajstić information content (AvgIpc) is 2.34. The van der Waals surface area contributed by atoms with Crippen LogP contribution in [0, 0.1) is 5.41 Å². The molecule has 0 aliphatic carbocycles. The maximum Gasteiger partial charge on any atom is 0.433 e. The Hall–Kier alpha value is -1.37. The van der Waals surface area contributed by atoms with Crippen LogP contribution < -0.4 is 11.1 Å². The lowest BCUT2D eigenvalue weighted by Gasteiger charge is -2.24. The monoisotopic (exact) mass is 276 g/mol. The van der Waals surface area contributed by atoms with Gasteiger partial charge >= 0.3 is 6.18 Å². The summed E-state index contributed by atoms with van der Waals surface area (Å²) in [5.41, 5.74) is 4.43. The number of nitrogens with two attached hydrogens (primary N) is 1. The van der Waals surface area contributed by atoms with Gasteiger partial charge in [0.25, 0.3) is 0 Å². The van der Waals surface area contributed by atoms with Crippen molar-refractivity contribution in [1.82, 2.24) is 9.97 Å². The summed E-state index contributed by atoms with van der Waals surface area (Å²) in [7, 11) is 0. The second kappa shape index (κ2) is 6.18. The Kier molecular flexibility index (Phi) is 5.11. The lowest BCUT2D eigenvalue weighted by atomic mass is 9.88. The van der Waals surface area contributed by atoms with Crippen LogP contribution in [0.2, 0.25) is 0 Å². The summed E-state index contributed by atoms with van der Waals surface area (Å²) in [6, 6.07) is 0.852. The Labute approximate surface area is 110 Å². The summed E-state index contributed by atoms with van der Waals surface area (Å²) in [6.07, 6.45) is -1.59. The summed E-state index contributed by atoms with van der Waals surface area (Å²) in [6.45, 7) is 5.13. The van der Waals surface area contributed by atoms with Gasteiger partial charge in [-0.25, -0.2) is 9.97 Å². The summed E-state index contributed by atoms with van der Waals surface area (Å²) >= 11 is 0. The Morgan fingerprint density at radius 2 is 2.00 bits per heavy atom. The molecule has 0 amide bonds. The van der Waals surface area contributed by atoms with Crippen LogP contribution in [-0.2, 0) is 6.18 Å². The summed E-state index contributed by atoms with van der Waals surface area (Å²) in [5.74, 6) is -0.00403. The first kappa shape index (κ1) is 15.7. The second-order valence-corrected chi connectivity index (χ2v) is 5.17. The van der Waals surface area contributed by atoms with Crippen LogP contribution in [-0.4, -0.2) is 23.1 Å². The van der Waals surface area contributed by atoms with Gasteiger partial charge in [0, 0.05) is 12.7 Å². The van der Waals surface area contributed by atoms with E-state index in [2.05, 4.69) is 15.3 Å². The fourth-order valence-electron chi connectivity index (χ4n) is 1.59. The lowest BCUT2D eigenvalue weighted by molar-refractivity contribution is -0.141. The molecule has 1 heterocycles. The lowest BCUT2D eigenvalue weighted by Crippen LogP contribution is -2.25. The average molecular weight is 276 g/mol. The van der Waals surface area contributed by atoms with Gasteiger partial charge in [-0.15, -0.1) is 0 Å². The first-order valence-corrected chi connectivity index (χ1v) is 6.09. The van der Waals surface area contributed by atoms with E-state index in [9.17, 15) is 13.2 Å². The largest absolute Gasteiger partial charge is 0.433 e. The molecule has 7 heteroatoms. The van der Waals surface area contributed by atoms with Gasteiger partial charge in [0.1, 0.15) is 5.69 Å². The smallest absolute Gasteiger partial charge is 0.354 e. The number of anilines is 1. The molecule has 0 saturated carbocycles. The van der Waals surface area contributed by atoms with Crippen LogP contribution in [0.25, 0.3) is 0 Å². The van der Waals surface area contributed by atoms with Crippen molar-refractivity contribution in [2.45, 2.75) is 32.9 Å². The zero-order valence-corrected chi connectivity index (χ0v) is 11.1. The number of nitrogens with zero attached hydrogens (tertiary/aromatic N) is 2. The summed E-state index contributed by atoms with van der Waals surface area (Å²) in [4.78, 5) is 7.24. The molecule has 1 aromatic heterocycles. The predicted octanol–water partition coefficient (Wildman–Crippen LogP) is 2.67. The minimum absolute atomic E-state index is 0.00403. The molecule has 0 radical (unpaired) electrons. The molecule has 0 spiro atoms. The first-order chi connectivity index (χ1) is 8.74. The molecule has 108 valence electrons. The number of nitrogens with one attached hydrogen (secondary N) is 1. The molecule has 0 aromatic carbocycles. The number of halogens is 3. The molecule has 19 heavy (non-hydrogen) atoms. The molecule has 4 nitrogen and oxygen atoms in total. The van der Waals surface area contributed by atoms with Crippen molar-refractivity contribution in [3.05, 3.63) is 18.0 Å². The fraction of sp³-hybridized carbons (Fsp3) is 0.667. The molecule has 0 atom stereocenters. The molecule has 1 rings (SSSR count). The van der Waals surface area contributed by atoms with Crippen LogP contribution >= 0.6 is 0 Å². The van der Waals surface area contributed by atoms with Crippen LogP contribution in [0.15, 0.2) is 12.3 Å². The highest BCUT2D eigenvalue weighted by Crippen LogP contribution is 2.28. The maximum absolute atomic E-state index is 12.5. The Morgan fingerprint density at radius 3 is 2.58 bits per heavy atom. The second-order valence-electron chi connectivity index (χ2n) is 5.17. The van der Waals surface area contributed by atoms with E-state index in [4.69, 9.17) is 5.73 Å². The highest BCUT2D eigenvalue weighted by molar-refractivity contribution is 5.26. The quantitative estimate of drug-likeness (QED) is 0.838. The normalized spacial score (nSPS) is 12.5. The van der Waals surface area contributed by atoms with E-state index in [1.54, 1.807) is 0 Å². The van der Waals surface area contributed by atoms with Gasteiger partial charge in [-0.1, -0.05) is 13.8 Å². The predicted molar refractivity (Wildman–Crippen MR) is 67.6 cm³/mol. The van der Waals surface area contributed by atoms with Crippen molar-refractivity contribution >= 4 is 5.95 Å². The molecule has 0 saturated heterocycles. The fourth-order valence-corrected chi connectivity index (χ4v) is 1.59. The summed E-state index contributed by atoms with van der Waals surface area (Å²) in [5, 5.41) is 2.84. The number of aromatic nitrogens is 2. The Bertz CT molecular complexity index is 404. The molecule has 0 aliphatic rings. The number of hydrogen-bond acceptors (Lipinski definition) is 4. The van der Waals surface area contributed by atoms with Gasteiger partial charge in [0.15, 0.2) is 0 Å². The highest BCUT2D eigenvalue weighted by atomic mass is 19.4. The van der Waals surface area contributed by atoms with E-state index in [-0.39, 0.29) is 11.4 Å². The Balaban J connectivity index is 2.63. The van der Waals surface area contributed by atoms with E-state index in [1.165, 1.54) is 0 Å². The van der Waals surface area contributed by atoms with E-state index >= 15 is 0 Å². The van der Waals surface area contributed by atoms with Gasteiger partial charge in [-0.2, -0.15) is 13.2 Å². The van der Waals surface area contributed by atoms with Crippen molar-refractivity contribution in [1.29, 1.82) is 0 Å².